The summed E-state index contributed by atoms with van der Waals surface area (Å²) in [6.45, 7) is 3.59. The first-order valence-electron chi connectivity index (χ1n) is 6.98. The molecule has 0 aromatic heterocycles. The van der Waals surface area contributed by atoms with Crippen LogP contribution in [0.25, 0.3) is 0 Å². The van der Waals surface area contributed by atoms with E-state index in [4.69, 9.17) is 4.74 Å². The van der Waals surface area contributed by atoms with Crippen molar-refractivity contribution in [1.82, 2.24) is 0 Å². The molecule has 2 N–H and O–H groups in total. The van der Waals surface area contributed by atoms with Crippen molar-refractivity contribution in [2.75, 3.05) is 11.9 Å². The van der Waals surface area contributed by atoms with E-state index in [1.54, 1.807) is 0 Å². The minimum atomic E-state index is 0.0445. The van der Waals surface area contributed by atoms with Crippen LogP contribution in [0.4, 0.5) is 5.69 Å². The first-order chi connectivity index (χ1) is 9.83. The van der Waals surface area contributed by atoms with Gasteiger partial charge in [0.05, 0.1) is 13.2 Å². The number of hydrogen-bond donors (Lipinski definition) is 2. The van der Waals surface area contributed by atoms with E-state index < -0.39 is 0 Å². The van der Waals surface area contributed by atoms with Crippen molar-refractivity contribution in [3.05, 3.63) is 59.7 Å². The zero-order valence-corrected chi connectivity index (χ0v) is 11.8. The smallest absolute Gasteiger partial charge is 0.119 e. The Morgan fingerprint density at radius 2 is 1.95 bits per heavy atom. The van der Waals surface area contributed by atoms with Crippen molar-refractivity contribution in [3.8, 4) is 5.75 Å². The SMILES string of the molecule is CCCOc1cccc(CNc2ccccc2CO)c1. The first-order valence-corrected chi connectivity index (χ1v) is 6.98. The van der Waals surface area contributed by atoms with Gasteiger partial charge in [-0.3, -0.25) is 0 Å². The van der Waals surface area contributed by atoms with Crippen LogP contribution in [0.3, 0.4) is 0 Å². The molecule has 2 aromatic carbocycles. The molecule has 20 heavy (non-hydrogen) atoms. The molecule has 0 heterocycles. The standard InChI is InChI=1S/C17H21NO2/c1-2-10-20-16-8-5-6-14(11-16)12-18-17-9-4-3-7-15(17)13-19/h3-9,11,18-19H,2,10,12-13H2,1H3. The lowest BCUT2D eigenvalue weighted by molar-refractivity contribution is 0.282. The van der Waals surface area contributed by atoms with Crippen molar-refractivity contribution in [3.63, 3.8) is 0 Å². The molecular formula is C17H21NO2. The van der Waals surface area contributed by atoms with Crippen molar-refractivity contribution in [1.29, 1.82) is 0 Å². The maximum atomic E-state index is 9.30. The summed E-state index contributed by atoms with van der Waals surface area (Å²) >= 11 is 0. The zero-order valence-electron chi connectivity index (χ0n) is 11.8. The fraction of sp³-hybridized carbons (Fsp3) is 0.294. The van der Waals surface area contributed by atoms with E-state index in [9.17, 15) is 5.11 Å². The van der Waals surface area contributed by atoms with Crippen molar-refractivity contribution >= 4 is 5.69 Å². The van der Waals surface area contributed by atoms with Crippen LogP contribution in [0.5, 0.6) is 5.75 Å². The van der Waals surface area contributed by atoms with Crippen LogP contribution in [0.2, 0.25) is 0 Å². The van der Waals surface area contributed by atoms with Gasteiger partial charge in [0.15, 0.2) is 0 Å². The molecule has 0 aliphatic heterocycles. The lowest BCUT2D eigenvalue weighted by Gasteiger charge is -2.11. The molecule has 0 bridgehead atoms. The Hall–Kier alpha value is -2.00. The maximum absolute atomic E-state index is 9.30. The third kappa shape index (κ3) is 4.00. The van der Waals surface area contributed by atoms with E-state index in [0.717, 1.165) is 35.6 Å². The highest BCUT2D eigenvalue weighted by Crippen LogP contribution is 2.18. The molecule has 3 heteroatoms. The summed E-state index contributed by atoms with van der Waals surface area (Å²) in [6, 6.07) is 15.9. The van der Waals surface area contributed by atoms with Crippen molar-refractivity contribution < 1.29 is 9.84 Å². The second-order valence-electron chi connectivity index (χ2n) is 4.66. The molecule has 2 rings (SSSR count). The number of rotatable bonds is 7. The first kappa shape index (κ1) is 14.4. The van der Waals surface area contributed by atoms with Crippen LogP contribution >= 0.6 is 0 Å². The average Bonchev–Trinajstić information content (AvgIpc) is 2.51. The molecule has 0 aliphatic rings. The molecule has 3 nitrogen and oxygen atoms in total. The summed E-state index contributed by atoms with van der Waals surface area (Å²) in [4.78, 5) is 0. The number of aliphatic hydroxyl groups is 1. The van der Waals surface area contributed by atoms with Crippen molar-refractivity contribution in [2.24, 2.45) is 0 Å². The second-order valence-corrected chi connectivity index (χ2v) is 4.66. The van der Waals surface area contributed by atoms with Gasteiger partial charge < -0.3 is 15.2 Å². The predicted octanol–water partition coefficient (Wildman–Crippen LogP) is 3.58. The van der Waals surface area contributed by atoms with E-state index >= 15 is 0 Å². The average molecular weight is 271 g/mol. The van der Waals surface area contributed by atoms with Crippen LogP contribution in [-0.4, -0.2) is 11.7 Å². The van der Waals surface area contributed by atoms with E-state index in [1.807, 2.05) is 42.5 Å². The fourth-order valence-corrected chi connectivity index (χ4v) is 1.99. The van der Waals surface area contributed by atoms with Crippen LogP contribution in [0.1, 0.15) is 24.5 Å². The minimum Gasteiger partial charge on any atom is -0.494 e. The molecule has 0 saturated carbocycles. The molecule has 0 amide bonds. The lowest BCUT2D eigenvalue weighted by atomic mass is 10.1. The minimum absolute atomic E-state index is 0.0445. The highest BCUT2D eigenvalue weighted by molar-refractivity contribution is 5.51. The van der Waals surface area contributed by atoms with Gasteiger partial charge in [0.2, 0.25) is 0 Å². The zero-order chi connectivity index (χ0) is 14.2. The summed E-state index contributed by atoms with van der Waals surface area (Å²) in [6.07, 6.45) is 1.01. The number of benzene rings is 2. The lowest BCUT2D eigenvalue weighted by Crippen LogP contribution is -2.03. The Labute approximate surface area is 120 Å². The molecule has 0 radical (unpaired) electrons. The largest absolute Gasteiger partial charge is 0.494 e. The van der Waals surface area contributed by atoms with E-state index in [2.05, 4.69) is 18.3 Å². The summed E-state index contributed by atoms with van der Waals surface area (Å²) < 4.78 is 5.62. The Morgan fingerprint density at radius 1 is 1.10 bits per heavy atom. The quantitative estimate of drug-likeness (QED) is 0.808. The maximum Gasteiger partial charge on any atom is 0.119 e. The highest BCUT2D eigenvalue weighted by atomic mass is 16.5. The number of ether oxygens (including phenoxy) is 1. The van der Waals surface area contributed by atoms with E-state index in [1.165, 1.54) is 0 Å². The molecule has 0 spiro atoms. The second kappa shape index (κ2) is 7.56. The van der Waals surface area contributed by atoms with Gasteiger partial charge in [-0.15, -0.1) is 0 Å². The molecule has 106 valence electrons. The van der Waals surface area contributed by atoms with Gasteiger partial charge in [0.25, 0.3) is 0 Å². The third-order valence-corrected chi connectivity index (χ3v) is 3.04. The summed E-state index contributed by atoms with van der Waals surface area (Å²) in [5.41, 5.74) is 3.03. The van der Waals surface area contributed by atoms with Gasteiger partial charge in [-0.1, -0.05) is 37.3 Å². The van der Waals surface area contributed by atoms with Crippen LogP contribution in [0, 0.1) is 0 Å². The van der Waals surface area contributed by atoms with Gasteiger partial charge in [0.1, 0.15) is 5.75 Å². The van der Waals surface area contributed by atoms with Crippen LogP contribution in [0.15, 0.2) is 48.5 Å². The molecule has 0 aliphatic carbocycles. The molecule has 2 aromatic rings. The molecule has 0 fully saturated rings. The van der Waals surface area contributed by atoms with Gasteiger partial charge >= 0.3 is 0 Å². The fourth-order valence-electron chi connectivity index (χ4n) is 1.99. The van der Waals surface area contributed by atoms with Gasteiger partial charge in [0, 0.05) is 17.8 Å². The topological polar surface area (TPSA) is 41.5 Å². The molecule has 0 saturated heterocycles. The van der Waals surface area contributed by atoms with Gasteiger partial charge in [-0.25, -0.2) is 0 Å². The van der Waals surface area contributed by atoms with Crippen LogP contribution in [-0.2, 0) is 13.2 Å². The van der Waals surface area contributed by atoms with Gasteiger partial charge in [-0.2, -0.15) is 0 Å². The van der Waals surface area contributed by atoms with Crippen LogP contribution < -0.4 is 10.1 Å². The Balaban J connectivity index is 1.99. The molecule has 0 atom stereocenters. The monoisotopic (exact) mass is 271 g/mol. The highest BCUT2D eigenvalue weighted by Gasteiger charge is 2.01. The Bertz CT molecular complexity index is 540. The normalized spacial score (nSPS) is 10.3. The van der Waals surface area contributed by atoms with Crippen molar-refractivity contribution in [2.45, 2.75) is 26.5 Å². The van der Waals surface area contributed by atoms with E-state index in [0.29, 0.717) is 6.54 Å². The molecule has 0 unspecified atom stereocenters. The third-order valence-electron chi connectivity index (χ3n) is 3.04. The Kier molecular flexibility index (Phi) is 5.44. The number of para-hydroxylation sites is 1. The summed E-state index contributed by atoms with van der Waals surface area (Å²) in [5, 5.41) is 12.6. The molecular weight excluding hydrogens is 250 g/mol. The predicted molar refractivity (Wildman–Crippen MR) is 81.9 cm³/mol. The Morgan fingerprint density at radius 3 is 2.75 bits per heavy atom. The number of nitrogens with one attached hydrogen (secondary N) is 1. The summed E-state index contributed by atoms with van der Waals surface area (Å²) in [7, 11) is 0. The summed E-state index contributed by atoms with van der Waals surface area (Å²) in [5.74, 6) is 0.904. The number of hydrogen-bond acceptors (Lipinski definition) is 3. The van der Waals surface area contributed by atoms with Gasteiger partial charge in [-0.05, 0) is 30.2 Å². The number of aliphatic hydroxyl groups excluding tert-OH is 1. The number of anilines is 1. The van der Waals surface area contributed by atoms with E-state index in [-0.39, 0.29) is 6.61 Å².